The molecule has 1 heterocycles. The molecule has 0 fully saturated rings. The molecule has 112 valence electrons. The zero-order valence-corrected chi connectivity index (χ0v) is 13.4. The van der Waals surface area contributed by atoms with Crippen molar-refractivity contribution in [3.63, 3.8) is 0 Å². The smallest absolute Gasteiger partial charge is 0.168 e. The van der Waals surface area contributed by atoms with E-state index in [-0.39, 0.29) is 5.78 Å². The summed E-state index contributed by atoms with van der Waals surface area (Å²) in [6, 6.07) is 8.26. The third kappa shape index (κ3) is 3.60. The topological polar surface area (TPSA) is 34.9 Å². The fourth-order valence-electron chi connectivity index (χ4n) is 2.52. The number of ketones is 1. The van der Waals surface area contributed by atoms with E-state index < -0.39 is 0 Å². The average molecular weight is 284 g/mol. The van der Waals surface area contributed by atoms with Crippen LogP contribution in [-0.2, 0) is 6.42 Å². The minimum Gasteiger partial charge on any atom is -0.294 e. The summed E-state index contributed by atoms with van der Waals surface area (Å²) in [5.74, 6) is 0.132. The maximum absolute atomic E-state index is 12.3. The monoisotopic (exact) mass is 284 g/mol. The first-order valence-corrected chi connectivity index (χ1v) is 7.69. The highest BCUT2D eigenvalue weighted by molar-refractivity contribution is 5.97. The van der Waals surface area contributed by atoms with Gasteiger partial charge in [-0.2, -0.15) is 5.10 Å². The Labute approximate surface area is 127 Å². The summed E-state index contributed by atoms with van der Waals surface area (Å²) in [4.78, 5) is 12.3. The summed E-state index contributed by atoms with van der Waals surface area (Å²) in [6.07, 6.45) is 4.47. The number of rotatable bonds is 6. The van der Waals surface area contributed by atoms with Crippen LogP contribution in [0.4, 0.5) is 0 Å². The van der Waals surface area contributed by atoms with Gasteiger partial charge < -0.3 is 0 Å². The van der Waals surface area contributed by atoms with Gasteiger partial charge in [0, 0.05) is 11.8 Å². The van der Waals surface area contributed by atoms with E-state index >= 15 is 0 Å². The van der Waals surface area contributed by atoms with Crippen molar-refractivity contribution in [3.05, 3.63) is 52.8 Å². The molecule has 2 aromatic rings. The van der Waals surface area contributed by atoms with Gasteiger partial charge in [0.05, 0.1) is 18.2 Å². The molecule has 0 aliphatic rings. The highest BCUT2D eigenvalue weighted by Gasteiger charge is 2.12. The lowest BCUT2D eigenvalue weighted by Crippen LogP contribution is -2.09. The van der Waals surface area contributed by atoms with E-state index in [9.17, 15) is 4.79 Å². The molecular formula is C18H24N2O. The molecule has 3 heteroatoms. The number of aromatic nitrogens is 2. The molecule has 0 N–H and O–H groups in total. The van der Waals surface area contributed by atoms with Crippen LogP contribution in [0.25, 0.3) is 0 Å². The molecule has 0 saturated carbocycles. The van der Waals surface area contributed by atoms with E-state index in [0.29, 0.717) is 12.5 Å². The molecule has 2 rings (SSSR count). The maximum atomic E-state index is 12.3. The molecule has 1 aromatic carbocycles. The molecule has 0 spiro atoms. The van der Waals surface area contributed by atoms with Crippen molar-refractivity contribution >= 4 is 5.78 Å². The number of benzene rings is 1. The summed E-state index contributed by atoms with van der Waals surface area (Å²) >= 11 is 0. The molecule has 0 atom stereocenters. The summed E-state index contributed by atoms with van der Waals surface area (Å²) < 4.78 is 1.99. The van der Waals surface area contributed by atoms with Crippen molar-refractivity contribution in [1.82, 2.24) is 9.78 Å². The van der Waals surface area contributed by atoms with Crippen molar-refractivity contribution in [1.29, 1.82) is 0 Å². The second kappa shape index (κ2) is 6.70. The lowest BCUT2D eigenvalue weighted by molar-refractivity contribution is 0.0991. The highest BCUT2D eigenvalue weighted by atomic mass is 16.1. The predicted molar refractivity (Wildman–Crippen MR) is 85.8 cm³/mol. The van der Waals surface area contributed by atoms with E-state index in [2.05, 4.69) is 25.9 Å². The fourth-order valence-corrected chi connectivity index (χ4v) is 2.52. The number of carbonyl (C=O) groups excluding carboxylic acids is 1. The lowest BCUT2D eigenvalue weighted by atomic mass is 10.0. The van der Waals surface area contributed by atoms with Gasteiger partial charge in [-0.05, 0) is 49.9 Å². The molecule has 0 saturated heterocycles. The van der Waals surface area contributed by atoms with Gasteiger partial charge in [0.25, 0.3) is 0 Å². The van der Waals surface area contributed by atoms with Crippen molar-refractivity contribution in [3.8, 4) is 0 Å². The van der Waals surface area contributed by atoms with E-state index in [4.69, 9.17) is 0 Å². The average Bonchev–Trinajstić information content (AvgIpc) is 2.91. The minimum atomic E-state index is 0.132. The van der Waals surface area contributed by atoms with Crippen LogP contribution < -0.4 is 0 Å². The highest BCUT2D eigenvalue weighted by Crippen LogP contribution is 2.16. The Hall–Kier alpha value is -1.90. The van der Waals surface area contributed by atoms with Crippen LogP contribution in [0.3, 0.4) is 0 Å². The lowest BCUT2D eigenvalue weighted by Gasteiger charge is -2.12. The number of carbonyl (C=O) groups is 1. The van der Waals surface area contributed by atoms with Crippen molar-refractivity contribution in [2.75, 3.05) is 0 Å². The SMILES string of the molecule is CCC(CC)n1ccc(CC(=O)c2ccc(C)c(C)c2)n1. The Balaban J connectivity index is 2.11. The number of hydrogen-bond donors (Lipinski definition) is 0. The summed E-state index contributed by atoms with van der Waals surface area (Å²) in [5, 5.41) is 4.55. The zero-order chi connectivity index (χ0) is 15.4. The van der Waals surface area contributed by atoms with Crippen molar-refractivity contribution in [2.24, 2.45) is 0 Å². The second-order valence-electron chi connectivity index (χ2n) is 5.66. The summed E-state index contributed by atoms with van der Waals surface area (Å²) in [7, 11) is 0. The summed E-state index contributed by atoms with van der Waals surface area (Å²) in [5.41, 5.74) is 3.99. The third-order valence-corrected chi connectivity index (χ3v) is 4.15. The molecule has 0 radical (unpaired) electrons. The van der Waals surface area contributed by atoms with Gasteiger partial charge in [-0.3, -0.25) is 9.48 Å². The molecule has 0 bridgehead atoms. The van der Waals surface area contributed by atoms with Gasteiger partial charge in [-0.15, -0.1) is 0 Å². The molecular weight excluding hydrogens is 260 g/mol. The number of hydrogen-bond acceptors (Lipinski definition) is 2. The van der Waals surface area contributed by atoms with Crippen LogP contribution in [0, 0.1) is 13.8 Å². The van der Waals surface area contributed by atoms with Crippen molar-refractivity contribution < 1.29 is 4.79 Å². The van der Waals surface area contributed by atoms with Gasteiger partial charge in [0.1, 0.15) is 0 Å². The Kier molecular flexibility index (Phi) is 4.94. The van der Waals surface area contributed by atoms with Crippen LogP contribution in [0.2, 0.25) is 0 Å². The van der Waals surface area contributed by atoms with Gasteiger partial charge in [-0.25, -0.2) is 0 Å². The first-order valence-electron chi connectivity index (χ1n) is 7.69. The van der Waals surface area contributed by atoms with Gasteiger partial charge in [-0.1, -0.05) is 26.0 Å². The van der Waals surface area contributed by atoms with Crippen LogP contribution in [0.5, 0.6) is 0 Å². The molecule has 0 amide bonds. The quantitative estimate of drug-likeness (QED) is 0.742. The standard InChI is InChI=1S/C18H24N2O/c1-5-17(6-2)20-10-9-16(19-20)12-18(21)15-8-7-13(3)14(4)11-15/h7-11,17H,5-6,12H2,1-4H3. The number of Topliss-reactive ketones (excluding diaryl/α,β-unsaturated/α-hetero) is 1. The van der Waals surface area contributed by atoms with E-state index in [0.717, 1.165) is 29.7 Å². The van der Waals surface area contributed by atoms with E-state index in [1.807, 2.05) is 42.1 Å². The molecule has 0 aliphatic heterocycles. The normalized spacial score (nSPS) is 11.1. The van der Waals surface area contributed by atoms with Crippen LogP contribution >= 0.6 is 0 Å². The third-order valence-electron chi connectivity index (χ3n) is 4.15. The zero-order valence-electron chi connectivity index (χ0n) is 13.4. The van der Waals surface area contributed by atoms with Crippen LogP contribution in [0.1, 0.15) is 59.9 Å². The Morgan fingerprint density at radius 1 is 1.14 bits per heavy atom. The molecule has 1 aromatic heterocycles. The molecule has 0 unspecified atom stereocenters. The van der Waals surface area contributed by atoms with Gasteiger partial charge in [0.2, 0.25) is 0 Å². The Morgan fingerprint density at radius 3 is 2.48 bits per heavy atom. The van der Waals surface area contributed by atoms with Gasteiger partial charge in [0.15, 0.2) is 5.78 Å². The first kappa shape index (κ1) is 15.5. The Morgan fingerprint density at radius 2 is 1.86 bits per heavy atom. The van der Waals surface area contributed by atoms with Crippen LogP contribution in [-0.4, -0.2) is 15.6 Å². The fraction of sp³-hybridized carbons (Fsp3) is 0.444. The maximum Gasteiger partial charge on any atom is 0.168 e. The molecule has 21 heavy (non-hydrogen) atoms. The second-order valence-corrected chi connectivity index (χ2v) is 5.66. The van der Waals surface area contributed by atoms with Crippen molar-refractivity contribution in [2.45, 2.75) is 53.0 Å². The Bertz CT molecular complexity index is 624. The van der Waals surface area contributed by atoms with E-state index in [1.54, 1.807) is 0 Å². The van der Waals surface area contributed by atoms with E-state index in [1.165, 1.54) is 5.56 Å². The first-order chi connectivity index (χ1) is 10.0. The number of nitrogens with zero attached hydrogens (tertiary/aromatic N) is 2. The summed E-state index contributed by atoms with van der Waals surface area (Å²) in [6.45, 7) is 8.42. The minimum absolute atomic E-state index is 0.132. The number of aryl methyl sites for hydroxylation is 2. The predicted octanol–water partition coefficient (Wildman–Crippen LogP) is 4.29. The van der Waals surface area contributed by atoms with Crippen LogP contribution in [0.15, 0.2) is 30.5 Å². The molecule has 0 aliphatic carbocycles. The largest absolute Gasteiger partial charge is 0.294 e. The molecule has 3 nitrogen and oxygen atoms in total. The van der Waals surface area contributed by atoms with Gasteiger partial charge >= 0.3 is 0 Å².